The first-order chi connectivity index (χ1) is 8.94. The largest absolute Gasteiger partial charge is 0.477 e. The molecule has 0 amide bonds. The van der Waals surface area contributed by atoms with E-state index in [0.29, 0.717) is 5.69 Å². The van der Waals surface area contributed by atoms with Gasteiger partial charge in [-0.1, -0.05) is 0 Å². The average Bonchev–Trinajstić information content (AvgIpc) is 3.09. The maximum absolute atomic E-state index is 12.9. The quantitative estimate of drug-likeness (QED) is 0.903. The van der Waals surface area contributed by atoms with Crippen molar-refractivity contribution in [3.05, 3.63) is 17.8 Å². The molecule has 1 saturated carbocycles. The van der Waals surface area contributed by atoms with Crippen LogP contribution in [0.25, 0.3) is 0 Å². The first-order valence-corrected chi connectivity index (χ1v) is 5.98. The topological polar surface area (TPSA) is 62.7 Å². The molecule has 0 bridgehead atoms. The fourth-order valence-corrected chi connectivity index (χ4v) is 1.91. The van der Waals surface area contributed by atoms with Crippen LogP contribution in [0.2, 0.25) is 0 Å². The smallest absolute Gasteiger partial charge is 0.354 e. The molecule has 2 aliphatic rings. The summed E-state index contributed by atoms with van der Waals surface area (Å²) in [6.07, 6.45) is 1.79. The number of aromatic nitrogens is 1. The van der Waals surface area contributed by atoms with Gasteiger partial charge in [0.1, 0.15) is 11.8 Å². The predicted octanol–water partition coefficient (Wildman–Crippen LogP) is 1.78. The van der Waals surface area contributed by atoms with E-state index in [-0.39, 0.29) is 30.8 Å². The normalized spacial score (nSPS) is 20.8. The van der Waals surface area contributed by atoms with Crippen LogP contribution in [0.5, 0.6) is 5.88 Å². The van der Waals surface area contributed by atoms with E-state index < -0.39 is 11.9 Å². The first-order valence-electron chi connectivity index (χ1n) is 5.98. The van der Waals surface area contributed by atoms with Crippen LogP contribution in [-0.4, -0.2) is 41.2 Å². The van der Waals surface area contributed by atoms with E-state index in [1.807, 2.05) is 0 Å². The van der Waals surface area contributed by atoms with Gasteiger partial charge in [-0.15, -0.1) is 0 Å². The highest BCUT2D eigenvalue weighted by Gasteiger charge is 2.45. The molecule has 1 saturated heterocycles. The summed E-state index contributed by atoms with van der Waals surface area (Å²) < 4.78 is 31.3. The maximum atomic E-state index is 12.9. The highest BCUT2D eigenvalue weighted by atomic mass is 19.3. The van der Waals surface area contributed by atoms with Gasteiger partial charge < -0.3 is 14.7 Å². The molecule has 5 nitrogen and oxygen atoms in total. The Morgan fingerprint density at radius 2 is 2.11 bits per heavy atom. The third-order valence-electron chi connectivity index (χ3n) is 3.05. The van der Waals surface area contributed by atoms with Gasteiger partial charge in [0.2, 0.25) is 5.88 Å². The van der Waals surface area contributed by atoms with E-state index in [1.54, 1.807) is 0 Å². The summed E-state index contributed by atoms with van der Waals surface area (Å²) >= 11 is 0. The van der Waals surface area contributed by atoms with Gasteiger partial charge in [-0.3, -0.25) is 0 Å². The molecule has 1 aromatic rings. The second kappa shape index (κ2) is 4.04. The zero-order chi connectivity index (χ0) is 13.6. The van der Waals surface area contributed by atoms with E-state index in [0.717, 1.165) is 12.8 Å². The van der Waals surface area contributed by atoms with Gasteiger partial charge in [-0.05, 0) is 25.0 Å². The Bertz CT molecular complexity index is 524. The van der Waals surface area contributed by atoms with Gasteiger partial charge in [0.15, 0.2) is 5.69 Å². The van der Waals surface area contributed by atoms with Gasteiger partial charge in [0, 0.05) is 0 Å². The number of hydrogen-bond donors (Lipinski definition) is 1. The van der Waals surface area contributed by atoms with Crippen molar-refractivity contribution >= 4 is 11.7 Å². The molecule has 0 aromatic carbocycles. The lowest BCUT2D eigenvalue weighted by atomic mass is 10.1. The molecule has 7 heteroatoms. The summed E-state index contributed by atoms with van der Waals surface area (Å²) in [6, 6.07) is 2.78. The van der Waals surface area contributed by atoms with Gasteiger partial charge in [-0.2, -0.15) is 0 Å². The van der Waals surface area contributed by atoms with Crippen molar-refractivity contribution in [1.29, 1.82) is 0 Å². The zero-order valence-electron chi connectivity index (χ0n) is 9.97. The molecule has 0 unspecified atom stereocenters. The molecule has 19 heavy (non-hydrogen) atoms. The van der Waals surface area contributed by atoms with E-state index in [1.165, 1.54) is 17.0 Å². The molecule has 0 radical (unpaired) electrons. The number of hydrogen-bond acceptors (Lipinski definition) is 4. The molecule has 102 valence electrons. The van der Waals surface area contributed by atoms with Crippen LogP contribution in [0.3, 0.4) is 0 Å². The van der Waals surface area contributed by atoms with Crippen LogP contribution in [0, 0.1) is 0 Å². The molecule has 1 N–H and O–H groups in total. The second-order valence-electron chi connectivity index (χ2n) is 4.86. The lowest BCUT2D eigenvalue weighted by Crippen LogP contribution is -2.56. The van der Waals surface area contributed by atoms with Crippen molar-refractivity contribution in [3.63, 3.8) is 0 Å². The summed E-state index contributed by atoms with van der Waals surface area (Å²) in [5, 5.41) is 8.89. The number of ether oxygens (including phenoxy) is 1. The number of anilines is 1. The van der Waals surface area contributed by atoms with Gasteiger partial charge in [0.25, 0.3) is 5.92 Å². The molecule has 0 spiro atoms. The number of carbonyl (C=O) groups is 1. The Kier molecular flexibility index (Phi) is 2.58. The number of carboxylic acids is 1. The summed E-state index contributed by atoms with van der Waals surface area (Å²) in [4.78, 5) is 16.2. The lowest BCUT2D eigenvalue weighted by molar-refractivity contribution is -0.0265. The third-order valence-corrected chi connectivity index (χ3v) is 3.05. The minimum Gasteiger partial charge on any atom is -0.477 e. The second-order valence-corrected chi connectivity index (χ2v) is 4.86. The molecular weight excluding hydrogens is 258 g/mol. The van der Waals surface area contributed by atoms with Crippen LogP contribution >= 0.6 is 0 Å². The Morgan fingerprint density at radius 1 is 1.42 bits per heavy atom. The summed E-state index contributed by atoms with van der Waals surface area (Å²) in [7, 11) is 0. The van der Waals surface area contributed by atoms with E-state index in [4.69, 9.17) is 9.84 Å². The zero-order valence-corrected chi connectivity index (χ0v) is 9.97. The molecule has 3 rings (SSSR count). The minimum atomic E-state index is -2.69. The number of pyridine rings is 1. The number of carboxylic acid groups (broad SMARTS) is 1. The minimum absolute atomic E-state index is 0.0251. The van der Waals surface area contributed by atoms with Crippen molar-refractivity contribution < 1.29 is 23.4 Å². The molecule has 0 atom stereocenters. The number of aromatic carboxylic acids is 1. The van der Waals surface area contributed by atoms with Crippen molar-refractivity contribution in [2.45, 2.75) is 24.9 Å². The first kappa shape index (κ1) is 12.1. The third kappa shape index (κ3) is 2.45. The highest BCUT2D eigenvalue weighted by Crippen LogP contribution is 2.38. The number of nitrogens with zero attached hydrogens (tertiary/aromatic N) is 2. The Balaban J connectivity index is 1.87. The fraction of sp³-hybridized carbons (Fsp3) is 0.500. The maximum Gasteiger partial charge on any atom is 0.354 e. The molecule has 2 heterocycles. The van der Waals surface area contributed by atoms with Gasteiger partial charge in [0.05, 0.1) is 13.1 Å². The number of rotatable bonds is 4. The highest BCUT2D eigenvalue weighted by molar-refractivity contribution is 5.86. The molecule has 1 aromatic heterocycles. The lowest BCUT2D eigenvalue weighted by Gasteiger charge is -2.40. The van der Waals surface area contributed by atoms with Crippen molar-refractivity contribution in [1.82, 2.24) is 4.98 Å². The average molecular weight is 270 g/mol. The Hall–Kier alpha value is -1.92. The molecular formula is C12H12F2N2O3. The number of halogens is 2. The van der Waals surface area contributed by atoms with Crippen molar-refractivity contribution in [2.75, 3.05) is 18.0 Å². The molecule has 2 fully saturated rings. The number of alkyl halides is 2. The van der Waals surface area contributed by atoms with Gasteiger partial charge >= 0.3 is 5.97 Å². The fourth-order valence-electron chi connectivity index (χ4n) is 1.91. The van der Waals surface area contributed by atoms with Gasteiger partial charge in [-0.25, -0.2) is 18.6 Å². The predicted molar refractivity (Wildman–Crippen MR) is 62.0 cm³/mol. The Labute approximate surface area is 107 Å². The van der Waals surface area contributed by atoms with E-state index in [9.17, 15) is 13.6 Å². The van der Waals surface area contributed by atoms with Crippen LogP contribution in [-0.2, 0) is 0 Å². The molecule has 1 aliphatic carbocycles. The van der Waals surface area contributed by atoms with Crippen molar-refractivity contribution in [2.24, 2.45) is 0 Å². The Morgan fingerprint density at radius 3 is 2.63 bits per heavy atom. The summed E-state index contributed by atoms with van der Waals surface area (Å²) in [6.45, 7) is -0.774. The standard InChI is InChI=1S/C12H12F2N2O3/c13-12(14)5-16(6-12)9-4-3-8(11(17)18)15-10(9)19-7-1-2-7/h3-4,7H,1-2,5-6H2,(H,17,18). The van der Waals surface area contributed by atoms with E-state index >= 15 is 0 Å². The van der Waals surface area contributed by atoms with E-state index in [2.05, 4.69) is 4.98 Å². The van der Waals surface area contributed by atoms with Crippen LogP contribution in [0.4, 0.5) is 14.5 Å². The summed E-state index contributed by atoms with van der Waals surface area (Å²) in [5.74, 6) is -3.72. The monoisotopic (exact) mass is 270 g/mol. The van der Waals surface area contributed by atoms with Crippen LogP contribution in [0.15, 0.2) is 12.1 Å². The van der Waals surface area contributed by atoms with Crippen molar-refractivity contribution in [3.8, 4) is 5.88 Å². The van der Waals surface area contributed by atoms with Crippen LogP contribution < -0.4 is 9.64 Å². The molecule has 1 aliphatic heterocycles. The van der Waals surface area contributed by atoms with Crippen LogP contribution in [0.1, 0.15) is 23.3 Å². The SMILES string of the molecule is O=C(O)c1ccc(N2CC(F)(F)C2)c(OC2CC2)n1. The summed E-state index contributed by atoms with van der Waals surface area (Å²) in [5.41, 5.74) is 0.287.